The highest BCUT2D eigenvalue weighted by Crippen LogP contribution is 2.21. The van der Waals surface area contributed by atoms with E-state index in [1.165, 1.54) is 4.90 Å². The van der Waals surface area contributed by atoms with Gasteiger partial charge in [-0.15, -0.1) is 0 Å². The standard InChI is InChI=1S/C17H15N3O3/c1-20(10-11-6-2-5-9-14(11)21)17(23)15-16(22)19-13-8-4-3-7-12(13)18-15/h2-9,21H,10H2,1H3,(H,19,22). The van der Waals surface area contributed by atoms with Crippen LogP contribution in [0.5, 0.6) is 11.6 Å². The van der Waals surface area contributed by atoms with Gasteiger partial charge in [-0.05, 0) is 18.2 Å². The summed E-state index contributed by atoms with van der Waals surface area (Å²) < 4.78 is 0. The first-order valence-electron chi connectivity index (χ1n) is 7.04. The normalized spacial score (nSPS) is 10.7. The van der Waals surface area contributed by atoms with Crippen LogP contribution in [0.1, 0.15) is 16.1 Å². The van der Waals surface area contributed by atoms with Crippen molar-refractivity contribution in [3.05, 3.63) is 59.8 Å². The van der Waals surface area contributed by atoms with Crippen molar-refractivity contribution in [2.45, 2.75) is 6.54 Å². The Morgan fingerprint density at radius 1 is 1.00 bits per heavy atom. The SMILES string of the molecule is CN(Cc1ccccc1O)C(=O)c1nc2ccccc2nc1O. The minimum atomic E-state index is -0.469. The van der Waals surface area contributed by atoms with Crippen LogP contribution in [0.3, 0.4) is 0 Å². The van der Waals surface area contributed by atoms with Crippen LogP contribution in [0.4, 0.5) is 0 Å². The molecule has 1 amide bonds. The number of para-hydroxylation sites is 3. The predicted octanol–water partition coefficient (Wildman–Crippen LogP) is 2.31. The maximum absolute atomic E-state index is 12.5. The summed E-state index contributed by atoms with van der Waals surface area (Å²) in [4.78, 5) is 22.1. The number of phenolic OH excluding ortho intramolecular Hbond substituents is 1. The second-order valence-corrected chi connectivity index (χ2v) is 5.17. The molecule has 3 rings (SSSR count). The van der Waals surface area contributed by atoms with Crippen molar-refractivity contribution in [3.63, 3.8) is 0 Å². The minimum absolute atomic E-state index is 0.110. The lowest BCUT2D eigenvalue weighted by Crippen LogP contribution is -2.27. The molecule has 2 aromatic carbocycles. The van der Waals surface area contributed by atoms with E-state index in [9.17, 15) is 15.0 Å². The fraction of sp³-hybridized carbons (Fsp3) is 0.118. The highest BCUT2D eigenvalue weighted by molar-refractivity contribution is 5.96. The molecule has 116 valence electrons. The third-order valence-corrected chi connectivity index (χ3v) is 3.50. The monoisotopic (exact) mass is 309 g/mol. The summed E-state index contributed by atoms with van der Waals surface area (Å²) in [7, 11) is 1.57. The maximum atomic E-state index is 12.5. The van der Waals surface area contributed by atoms with Crippen molar-refractivity contribution in [2.24, 2.45) is 0 Å². The molecule has 0 radical (unpaired) electrons. The van der Waals surface area contributed by atoms with Crippen molar-refractivity contribution in [1.82, 2.24) is 14.9 Å². The van der Waals surface area contributed by atoms with Crippen LogP contribution in [0, 0.1) is 0 Å². The van der Waals surface area contributed by atoms with Gasteiger partial charge >= 0.3 is 0 Å². The van der Waals surface area contributed by atoms with E-state index in [-0.39, 0.29) is 18.0 Å². The third-order valence-electron chi connectivity index (χ3n) is 3.50. The Morgan fingerprint density at radius 3 is 2.30 bits per heavy atom. The van der Waals surface area contributed by atoms with Crippen molar-refractivity contribution in [3.8, 4) is 11.6 Å². The molecule has 23 heavy (non-hydrogen) atoms. The van der Waals surface area contributed by atoms with Gasteiger partial charge in [0.05, 0.1) is 11.0 Å². The van der Waals surface area contributed by atoms with Crippen molar-refractivity contribution < 1.29 is 15.0 Å². The third kappa shape index (κ3) is 2.91. The van der Waals surface area contributed by atoms with Crippen molar-refractivity contribution in [2.75, 3.05) is 7.05 Å². The molecule has 3 aromatic rings. The number of benzene rings is 2. The van der Waals surface area contributed by atoms with E-state index < -0.39 is 11.8 Å². The molecule has 1 aromatic heterocycles. The number of carbonyl (C=O) groups excluding carboxylic acids is 1. The summed E-state index contributed by atoms with van der Waals surface area (Å²) in [5.41, 5.74) is 1.55. The summed E-state index contributed by atoms with van der Waals surface area (Å²) in [6, 6.07) is 13.8. The average molecular weight is 309 g/mol. The Morgan fingerprint density at radius 2 is 1.61 bits per heavy atom. The summed E-state index contributed by atoms with van der Waals surface area (Å²) in [5.74, 6) is -0.761. The number of hydrogen-bond donors (Lipinski definition) is 2. The van der Waals surface area contributed by atoms with E-state index in [1.807, 2.05) is 0 Å². The van der Waals surface area contributed by atoms with E-state index >= 15 is 0 Å². The Labute approximate surface area is 132 Å². The molecule has 0 atom stereocenters. The second kappa shape index (κ2) is 5.92. The summed E-state index contributed by atoms with van der Waals surface area (Å²) in [6.45, 7) is 0.194. The lowest BCUT2D eigenvalue weighted by atomic mass is 10.2. The van der Waals surface area contributed by atoms with Gasteiger partial charge in [-0.3, -0.25) is 4.79 Å². The van der Waals surface area contributed by atoms with Gasteiger partial charge in [0.15, 0.2) is 5.69 Å². The molecular weight excluding hydrogens is 294 g/mol. The molecule has 6 heteroatoms. The topological polar surface area (TPSA) is 86.5 Å². The molecule has 0 aliphatic rings. The minimum Gasteiger partial charge on any atom is -0.508 e. The zero-order chi connectivity index (χ0) is 16.4. The molecule has 2 N–H and O–H groups in total. The molecule has 0 unspecified atom stereocenters. The number of rotatable bonds is 3. The predicted molar refractivity (Wildman–Crippen MR) is 85.1 cm³/mol. The number of hydrogen-bond acceptors (Lipinski definition) is 5. The molecule has 0 bridgehead atoms. The van der Waals surface area contributed by atoms with E-state index in [2.05, 4.69) is 9.97 Å². The van der Waals surface area contributed by atoms with Crippen LogP contribution in [-0.4, -0.2) is 38.0 Å². The van der Waals surface area contributed by atoms with Crippen LogP contribution in [0.15, 0.2) is 48.5 Å². The quantitative estimate of drug-likeness (QED) is 0.775. The van der Waals surface area contributed by atoms with Crippen LogP contribution in [-0.2, 0) is 6.54 Å². The first kappa shape index (κ1) is 14.8. The lowest BCUT2D eigenvalue weighted by molar-refractivity contribution is 0.0775. The van der Waals surface area contributed by atoms with Gasteiger partial charge in [0, 0.05) is 19.2 Å². The average Bonchev–Trinajstić information content (AvgIpc) is 2.55. The van der Waals surface area contributed by atoms with Gasteiger partial charge in [-0.2, -0.15) is 0 Å². The second-order valence-electron chi connectivity index (χ2n) is 5.17. The molecule has 0 aliphatic carbocycles. The number of aromatic hydroxyl groups is 2. The molecule has 0 fully saturated rings. The first-order chi connectivity index (χ1) is 11.1. The van der Waals surface area contributed by atoms with Crippen LogP contribution in [0.25, 0.3) is 11.0 Å². The Bertz CT molecular complexity index is 880. The number of nitrogens with zero attached hydrogens (tertiary/aromatic N) is 3. The lowest BCUT2D eigenvalue weighted by Gasteiger charge is -2.18. The van der Waals surface area contributed by atoms with Crippen LogP contribution in [0.2, 0.25) is 0 Å². The van der Waals surface area contributed by atoms with Gasteiger partial charge in [-0.25, -0.2) is 9.97 Å². The summed E-state index contributed by atoms with van der Waals surface area (Å²) in [6.07, 6.45) is 0. The highest BCUT2D eigenvalue weighted by atomic mass is 16.3. The molecule has 0 saturated heterocycles. The van der Waals surface area contributed by atoms with Gasteiger partial charge in [0.1, 0.15) is 5.75 Å². The van der Waals surface area contributed by atoms with Gasteiger partial charge in [-0.1, -0.05) is 30.3 Å². The van der Waals surface area contributed by atoms with E-state index in [0.717, 1.165) is 0 Å². The van der Waals surface area contributed by atoms with E-state index in [0.29, 0.717) is 16.6 Å². The Balaban J connectivity index is 1.90. The highest BCUT2D eigenvalue weighted by Gasteiger charge is 2.20. The number of phenols is 1. The first-order valence-corrected chi connectivity index (χ1v) is 7.04. The Kier molecular flexibility index (Phi) is 3.80. The van der Waals surface area contributed by atoms with Gasteiger partial charge < -0.3 is 15.1 Å². The Hall–Kier alpha value is -3.15. The van der Waals surface area contributed by atoms with Crippen molar-refractivity contribution in [1.29, 1.82) is 0 Å². The van der Waals surface area contributed by atoms with Crippen molar-refractivity contribution >= 4 is 16.9 Å². The van der Waals surface area contributed by atoms with E-state index in [1.54, 1.807) is 55.6 Å². The molecule has 0 spiro atoms. The number of fused-ring (bicyclic) bond motifs is 1. The zero-order valence-electron chi connectivity index (χ0n) is 12.5. The smallest absolute Gasteiger partial charge is 0.278 e. The van der Waals surface area contributed by atoms with Crippen LogP contribution < -0.4 is 0 Å². The molecule has 0 aliphatic heterocycles. The largest absolute Gasteiger partial charge is 0.508 e. The molecule has 0 saturated carbocycles. The fourth-order valence-electron chi connectivity index (χ4n) is 2.29. The fourth-order valence-corrected chi connectivity index (χ4v) is 2.29. The van der Waals surface area contributed by atoms with Gasteiger partial charge in [0.25, 0.3) is 5.91 Å². The number of carbonyl (C=O) groups is 1. The summed E-state index contributed by atoms with van der Waals surface area (Å²) >= 11 is 0. The van der Waals surface area contributed by atoms with Crippen LogP contribution >= 0.6 is 0 Å². The van der Waals surface area contributed by atoms with E-state index in [4.69, 9.17) is 0 Å². The summed E-state index contributed by atoms with van der Waals surface area (Å²) in [5, 5.41) is 19.8. The van der Waals surface area contributed by atoms with Gasteiger partial charge in [0.2, 0.25) is 5.88 Å². The number of aromatic nitrogens is 2. The molecule has 6 nitrogen and oxygen atoms in total. The zero-order valence-corrected chi connectivity index (χ0v) is 12.5. The maximum Gasteiger partial charge on any atom is 0.278 e. The number of amides is 1. The molecule has 1 heterocycles. The molecular formula is C17H15N3O3.